The van der Waals surface area contributed by atoms with E-state index in [9.17, 15) is 18.7 Å². The van der Waals surface area contributed by atoms with Crippen LogP contribution < -0.4 is 0 Å². The molecule has 0 aliphatic heterocycles. The van der Waals surface area contributed by atoms with Gasteiger partial charge in [0.2, 0.25) is 0 Å². The Morgan fingerprint density at radius 2 is 1.59 bits per heavy atom. The molecule has 0 amide bonds. The topological polar surface area (TPSA) is 97.0 Å². The normalized spacial score (nSPS) is 12.8. The van der Waals surface area contributed by atoms with Crippen molar-refractivity contribution in [1.82, 2.24) is 30.1 Å². The average Bonchev–Trinajstić information content (AvgIpc) is 3.54. The summed E-state index contributed by atoms with van der Waals surface area (Å²) in [5.41, 5.74) is -1.51. The minimum Gasteiger partial charge on any atom is -0.377 e. The van der Waals surface area contributed by atoms with Gasteiger partial charge >= 0.3 is 5.92 Å². The predicted molar refractivity (Wildman–Crippen MR) is 160 cm³/mol. The highest BCUT2D eigenvalue weighted by Gasteiger charge is 2.58. The van der Waals surface area contributed by atoms with Crippen LogP contribution in [0.15, 0.2) is 91.4 Å². The smallest absolute Gasteiger partial charge is 0.323 e. The Balaban J connectivity index is 1.30. The number of tetrazole rings is 1. The highest BCUT2D eigenvalue weighted by atomic mass is 19.3. The molecule has 46 heavy (non-hydrogen) atoms. The lowest BCUT2D eigenvalue weighted by atomic mass is 9.84. The van der Waals surface area contributed by atoms with E-state index in [0.717, 1.165) is 53.1 Å². The predicted octanol–water partition coefficient (Wildman–Crippen LogP) is 4.91. The summed E-state index contributed by atoms with van der Waals surface area (Å²) in [7, 11) is 3.98. The van der Waals surface area contributed by atoms with E-state index in [1.165, 1.54) is 6.07 Å². The van der Waals surface area contributed by atoms with Gasteiger partial charge in [-0.1, -0.05) is 48.2 Å². The summed E-state index contributed by atoms with van der Waals surface area (Å²) in [6.45, 7) is -0.144. The number of rotatable bonds is 10. The van der Waals surface area contributed by atoms with Crippen LogP contribution in [0, 0.1) is 23.5 Å². The molecule has 0 radical (unpaired) electrons. The summed E-state index contributed by atoms with van der Waals surface area (Å²) < 4.78 is 60.9. The van der Waals surface area contributed by atoms with E-state index in [0.29, 0.717) is 17.2 Å². The number of halogens is 4. The zero-order chi connectivity index (χ0) is 32.9. The number of aromatic nitrogens is 5. The second-order valence-corrected chi connectivity index (χ2v) is 11.0. The lowest BCUT2D eigenvalue weighted by molar-refractivity contribution is -0.207. The third kappa shape index (κ3) is 7.17. The van der Waals surface area contributed by atoms with E-state index in [2.05, 4.69) is 37.3 Å². The van der Waals surface area contributed by atoms with Crippen molar-refractivity contribution in [2.75, 3.05) is 14.1 Å². The second kappa shape index (κ2) is 13.4. The molecule has 8 nitrogen and oxygen atoms in total. The van der Waals surface area contributed by atoms with Crippen LogP contribution in [0.1, 0.15) is 43.9 Å². The van der Waals surface area contributed by atoms with Crippen molar-refractivity contribution in [3.63, 3.8) is 0 Å². The maximum absolute atomic E-state index is 15.9. The van der Waals surface area contributed by atoms with Gasteiger partial charge in [0, 0.05) is 47.5 Å². The number of hydrogen-bond donors (Lipinski definition) is 1. The van der Waals surface area contributed by atoms with Crippen LogP contribution in [-0.2, 0) is 31.0 Å². The molecule has 3 aromatic carbocycles. The van der Waals surface area contributed by atoms with Crippen molar-refractivity contribution in [3.05, 3.63) is 142 Å². The number of hydrogen-bond acceptors (Lipinski definition) is 7. The van der Waals surface area contributed by atoms with Gasteiger partial charge in [0.15, 0.2) is 11.4 Å². The molecular formula is C34H28F4N6O2. The fraction of sp³-hybridized carbons (Fsp3) is 0.206. The van der Waals surface area contributed by atoms with Gasteiger partial charge in [0.1, 0.15) is 23.7 Å². The van der Waals surface area contributed by atoms with Crippen LogP contribution >= 0.6 is 0 Å². The summed E-state index contributed by atoms with van der Waals surface area (Å²) in [6.07, 6.45) is 2.33. The molecule has 0 saturated heterocycles. The van der Waals surface area contributed by atoms with Gasteiger partial charge in [-0.05, 0) is 72.0 Å². The quantitative estimate of drug-likeness (QED) is 0.133. The maximum Gasteiger partial charge on any atom is 0.323 e. The molecule has 0 bridgehead atoms. The minimum atomic E-state index is -4.18. The maximum atomic E-state index is 15.9. The first-order valence-corrected chi connectivity index (χ1v) is 14.1. The van der Waals surface area contributed by atoms with Crippen molar-refractivity contribution in [1.29, 1.82) is 0 Å². The van der Waals surface area contributed by atoms with Crippen LogP contribution in [-0.4, -0.2) is 55.1 Å². The summed E-state index contributed by atoms with van der Waals surface area (Å²) in [6, 6.07) is 18.8. The number of ketones is 1. The van der Waals surface area contributed by atoms with Crippen molar-refractivity contribution >= 4 is 5.78 Å². The van der Waals surface area contributed by atoms with Crippen molar-refractivity contribution < 1.29 is 27.5 Å². The van der Waals surface area contributed by atoms with Gasteiger partial charge in [0.05, 0.1) is 6.54 Å². The fourth-order valence-corrected chi connectivity index (χ4v) is 4.83. The Labute approximate surface area is 262 Å². The molecule has 12 heteroatoms. The Hall–Kier alpha value is -5.25. The highest BCUT2D eigenvalue weighted by Crippen LogP contribution is 2.46. The van der Waals surface area contributed by atoms with Gasteiger partial charge in [-0.3, -0.25) is 9.78 Å². The number of pyridine rings is 1. The average molecular weight is 629 g/mol. The Morgan fingerprint density at radius 1 is 0.913 bits per heavy atom. The molecule has 2 heterocycles. The minimum absolute atomic E-state index is 0.0406. The molecule has 2 aromatic heterocycles. The lowest BCUT2D eigenvalue weighted by Gasteiger charge is -2.35. The molecule has 1 atom stereocenters. The second-order valence-electron chi connectivity index (χ2n) is 11.0. The summed E-state index contributed by atoms with van der Waals surface area (Å²) in [4.78, 5) is 18.7. The molecule has 0 aliphatic carbocycles. The van der Waals surface area contributed by atoms with E-state index < -0.39 is 41.0 Å². The van der Waals surface area contributed by atoms with Gasteiger partial charge in [-0.15, -0.1) is 5.10 Å². The number of Topliss-reactive ketones (excluding diaryl/α,β-unsaturated/α-hetero) is 1. The number of carbonyl (C=O) groups is 1. The lowest BCUT2D eigenvalue weighted by Crippen LogP contribution is -2.48. The molecular weight excluding hydrogens is 600 g/mol. The van der Waals surface area contributed by atoms with Crippen LogP contribution in [0.3, 0.4) is 0 Å². The molecule has 0 spiro atoms. The van der Waals surface area contributed by atoms with Gasteiger partial charge in [-0.25, -0.2) is 13.5 Å². The SMILES string of the molecule is CN(C)Cc1ccc(CC(=O)c2ccc(C#Cc3ccc(C(F)(F)C(O)(Cn4cnnn4)c4ccc(F)cc4F)nc3)cc2)cc1. The zero-order valence-corrected chi connectivity index (χ0v) is 24.8. The van der Waals surface area contributed by atoms with E-state index >= 15 is 8.78 Å². The molecule has 0 aliphatic rings. The van der Waals surface area contributed by atoms with Gasteiger partial charge < -0.3 is 10.0 Å². The standard InChI is InChI=1S/C34H28F4N6O2/c1-43(2)20-26-7-4-24(5-8-26)17-31(45)27-12-9-23(10-13-27)3-6-25-11-16-32(39-19-25)34(37,38)33(46,21-44-22-40-41-42-44)29-15-14-28(35)18-30(29)36/h4-5,7-16,18-19,22,46H,17,20-21H2,1-2H3. The van der Waals surface area contributed by atoms with E-state index in [-0.39, 0.29) is 17.8 Å². The third-order valence-corrected chi connectivity index (χ3v) is 7.21. The molecule has 234 valence electrons. The van der Waals surface area contributed by atoms with Crippen molar-refractivity contribution in [2.45, 2.75) is 31.0 Å². The number of alkyl halides is 2. The van der Waals surface area contributed by atoms with Crippen molar-refractivity contribution in [2.24, 2.45) is 0 Å². The van der Waals surface area contributed by atoms with E-state index in [1.54, 1.807) is 24.3 Å². The van der Waals surface area contributed by atoms with Gasteiger partial charge in [-0.2, -0.15) is 8.78 Å². The van der Waals surface area contributed by atoms with Crippen molar-refractivity contribution in [3.8, 4) is 11.8 Å². The number of nitrogens with zero attached hydrogens (tertiary/aromatic N) is 6. The van der Waals surface area contributed by atoms with E-state index in [4.69, 9.17) is 0 Å². The van der Waals surface area contributed by atoms with Crippen LogP contribution in [0.5, 0.6) is 0 Å². The molecule has 0 fully saturated rings. The van der Waals surface area contributed by atoms with E-state index in [1.807, 2.05) is 38.4 Å². The molecule has 5 rings (SSSR count). The number of aliphatic hydroxyl groups is 1. The first-order valence-electron chi connectivity index (χ1n) is 14.1. The Morgan fingerprint density at radius 3 is 2.20 bits per heavy atom. The monoisotopic (exact) mass is 628 g/mol. The van der Waals surface area contributed by atoms with Crippen LogP contribution in [0.2, 0.25) is 0 Å². The summed E-state index contributed by atoms with van der Waals surface area (Å²) in [5.74, 6) is -0.867. The summed E-state index contributed by atoms with van der Waals surface area (Å²) >= 11 is 0. The first-order chi connectivity index (χ1) is 21.9. The molecule has 5 aromatic rings. The third-order valence-electron chi connectivity index (χ3n) is 7.21. The molecule has 0 saturated carbocycles. The Bertz CT molecular complexity index is 1870. The first kappa shape index (κ1) is 32.2. The summed E-state index contributed by atoms with van der Waals surface area (Å²) in [5, 5.41) is 21.5. The van der Waals surface area contributed by atoms with Gasteiger partial charge in [0.25, 0.3) is 0 Å². The Kier molecular flexibility index (Phi) is 9.36. The van der Waals surface area contributed by atoms with Crippen LogP contribution in [0.25, 0.3) is 0 Å². The number of carbonyl (C=O) groups excluding carboxylic acids is 1. The largest absolute Gasteiger partial charge is 0.377 e. The highest BCUT2D eigenvalue weighted by molar-refractivity contribution is 5.97. The zero-order valence-electron chi connectivity index (χ0n) is 24.8. The molecule has 1 unspecified atom stereocenters. The number of benzene rings is 3. The molecule has 1 N–H and O–H groups in total. The fourth-order valence-electron chi connectivity index (χ4n) is 4.83. The van der Waals surface area contributed by atoms with Crippen LogP contribution in [0.4, 0.5) is 17.6 Å².